The molecular formula is C18H26N4O2. The van der Waals surface area contributed by atoms with Crippen molar-refractivity contribution in [3.8, 4) is 0 Å². The van der Waals surface area contributed by atoms with Crippen LogP contribution in [0.15, 0.2) is 24.3 Å². The molecule has 0 saturated carbocycles. The van der Waals surface area contributed by atoms with E-state index in [4.69, 9.17) is 0 Å². The molecule has 2 amide bonds. The summed E-state index contributed by atoms with van der Waals surface area (Å²) >= 11 is 0. The van der Waals surface area contributed by atoms with Gasteiger partial charge in [0.1, 0.15) is 0 Å². The number of benzene rings is 1. The Balaban J connectivity index is 1.46. The average molecular weight is 330 g/mol. The van der Waals surface area contributed by atoms with Gasteiger partial charge in [0.25, 0.3) is 0 Å². The quantitative estimate of drug-likeness (QED) is 0.829. The standard InChI is InChI=1S/C18H26N4O2/c23-15-20-10-12-22(13-11-20)18(24)14-19-16-4-6-17(7-5-16)21-8-2-1-3-9-21/h4-7,15,19H,1-3,8-14H2. The zero-order valence-electron chi connectivity index (χ0n) is 14.1. The SMILES string of the molecule is O=CN1CCN(C(=O)CNc2ccc(N3CCCCC3)cc2)CC1. The molecule has 2 aliphatic heterocycles. The fourth-order valence-electron chi connectivity index (χ4n) is 3.31. The van der Waals surface area contributed by atoms with Gasteiger partial charge in [0, 0.05) is 50.6 Å². The molecule has 0 atom stereocenters. The van der Waals surface area contributed by atoms with E-state index in [1.54, 1.807) is 4.90 Å². The van der Waals surface area contributed by atoms with Gasteiger partial charge in [0.2, 0.25) is 12.3 Å². The van der Waals surface area contributed by atoms with E-state index in [9.17, 15) is 9.59 Å². The van der Waals surface area contributed by atoms with E-state index in [1.165, 1.54) is 24.9 Å². The van der Waals surface area contributed by atoms with Crippen LogP contribution in [-0.4, -0.2) is 67.9 Å². The molecule has 3 rings (SSSR count). The van der Waals surface area contributed by atoms with Crippen molar-refractivity contribution in [3.63, 3.8) is 0 Å². The van der Waals surface area contributed by atoms with Gasteiger partial charge in [-0.25, -0.2) is 0 Å². The van der Waals surface area contributed by atoms with Crippen molar-refractivity contribution in [1.29, 1.82) is 0 Å². The molecule has 6 heteroatoms. The lowest BCUT2D eigenvalue weighted by Crippen LogP contribution is -2.49. The number of hydrogen-bond acceptors (Lipinski definition) is 4. The number of rotatable bonds is 5. The predicted molar refractivity (Wildman–Crippen MR) is 95.2 cm³/mol. The summed E-state index contributed by atoms with van der Waals surface area (Å²) in [4.78, 5) is 28.9. The average Bonchev–Trinajstić information content (AvgIpc) is 2.67. The maximum Gasteiger partial charge on any atom is 0.241 e. The Morgan fingerprint density at radius 1 is 0.958 bits per heavy atom. The summed E-state index contributed by atoms with van der Waals surface area (Å²) in [5.74, 6) is 0.0839. The van der Waals surface area contributed by atoms with Crippen LogP contribution in [0.4, 0.5) is 11.4 Å². The maximum atomic E-state index is 12.2. The lowest BCUT2D eigenvalue weighted by atomic mass is 10.1. The molecule has 2 fully saturated rings. The fraction of sp³-hybridized carbons (Fsp3) is 0.556. The number of nitrogens with zero attached hydrogens (tertiary/aromatic N) is 3. The van der Waals surface area contributed by atoms with Crippen LogP contribution in [0.2, 0.25) is 0 Å². The van der Waals surface area contributed by atoms with Crippen molar-refractivity contribution in [3.05, 3.63) is 24.3 Å². The third kappa shape index (κ3) is 4.19. The minimum atomic E-state index is 0.0839. The van der Waals surface area contributed by atoms with Crippen molar-refractivity contribution in [1.82, 2.24) is 9.80 Å². The van der Waals surface area contributed by atoms with E-state index in [0.29, 0.717) is 32.7 Å². The summed E-state index contributed by atoms with van der Waals surface area (Å²) in [7, 11) is 0. The first kappa shape index (κ1) is 16.6. The van der Waals surface area contributed by atoms with Gasteiger partial charge in [0.05, 0.1) is 6.54 Å². The minimum absolute atomic E-state index is 0.0839. The molecule has 1 aromatic carbocycles. The normalized spacial score (nSPS) is 18.4. The first-order chi connectivity index (χ1) is 11.8. The van der Waals surface area contributed by atoms with E-state index in [2.05, 4.69) is 22.3 Å². The fourth-order valence-corrected chi connectivity index (χ4v) is 3.31. The summed E-state index contributed by atoms with van der Waals surface area (Å²) in [5, 5.41) is 3.20. The minimum Gasteiger partial charge on any atom is -0.376 e. The molecule has 0 aliphatic carbocycles. The van der Waals surface area contributed by atoms with Gasteiger partial charge in [-0.2, -0.15) is 0 Å². The Bertz CT molecular complexity index is 547. The summed E-state index contributed by atoms with van der Waals surface area (Å²) < 4.78 is 0. The van der Waals surface area contributed by atoms with Crippen LogP contribution in [-0.2, 0) is 9.59 Å². The second-order valence-corrected chi connectivity index (χ2v) is 6.47. The Labute approximate surface area is 143 Å². The van der Waals surface area contributed by atoms with Crippen molar-refractivity contribution >= 4 is 23.7 Å². The largest absolute Gasteiger partial charge is 0.376 e. The molecule has 0 unspecified atom stereocenters. The highest BCUT2D eigenvalue weighted by molar-refractivity contribution is 5.81. The van der Waals surface area contributed by atoms with Gasteiger partial charge < -0.3 is 20.0 Å². The molecule has 2 heterocycles. The molecule has 6 nitrogen and oxygen atoms in total. The summed E-state index contributed by atoms with van der Waals surface area (Å²) in [6, 6.07) is 8.34. The van der Waals surface area contributed by atoms with Crippen molar-refractivity contribution in [2.75, 3.05) is 56.0 Å². The maximum absolute atomic E-state index is 12.2. The second kappa shape index (κ2) is 8.04. The lowest BCUT2D eigenvalue weighted by Gasteiger charge is -2.32. The predicted octanol–water partition coefficient (Wildman–Crippen LogP) is 1.39. The number of amides is 2. The van der Waals surface area contributed by atoms with Gasteiger partial charge in [-0.1, -0.05) is 0 Å². The Morgan fingerprint density at radius 3 is 2.25 bits per heavy atom. The van der Waals surface area contributed by atoms with Crippen LogP contribution in [0, 0.1) is 0 Å². The zero-order valence-corrected chi connectivity index (χ0v) is 14.1. The Hall–Kier alpha value is -2.24. The third-order valence-corrected chi connectivity index (χ3v) is 4.85. The molecule has 2 aliphatic rings. The molecule has 130 valence electrons. The van der Waals surface area contributed by atoms with E-state index in [1.807, 2.05) is 17.0 Å². The number of piperidine rings is 1. The Morgan fingerprint density at radius 2 is 1.62 bits per heavy atom. The summed E-state index contributed by atoms with van der Waals surface area (Å²) in [6.45, 7) is 5.06. The van der Waals surface area contributed by atoms with Crippen LogP contribution in [0.25, 0.3) is 0 Å². The number of hydrogen-bond donors (Lipinski definition) is 1. The molecule has 0 radical (unpaired) electrons. The topological polar surface area (TPSA) is 55.9 Å². The number of piperazine rings is 1. The Kier molecular flexibility index (Phi) is 5.56. The molecule has 1 aromatic rings. The van der Waals surface area contributed by atoms with Crippen LogP contribution in [0.3, 0.4) is 0 Å². The van der Waals surface area contributed by atoms with Gasteiger partial charge in [-0.15, -0.1) is 0 Å². The van der Waals surface area contributed by atoms with Crippen LogP contribution < -0.4 is 10.2 Å². The van der Waals surface area contributed by atoms with Gasteiger partial charge in [0.15, 0.2) is 0 Å². The number of nitrogens with one attached hydrogen (secondary N) is 1. The molecular weight excluding hydrogens is 304 g/mol. The van der Waals surface area contributed by atoms with Crippen molar-refractivity contribution < 1.29 is 9.59 Å². The summed E-state index contributed by atoms with van der Waals surface area (Å²) in [5.41, 5.74) is 2.23. The molecule has 0 aromatic heterocycles. The van der Waals surface area contributed by atoms with Crippen LogP contribution in [0.1, 0.15) is 19.3 Å². The zero-order chi connectivity index (χ0) is 16.8. The van der Waals surface area contributed by atoms with Gasteiger partial charge >= 0.3 is 0 Å². The second-order valence-electron chi connectivity index (χ2n) is 6.47. The van der Waals surface area contributed by atoms with E-state index < -0.39 is 0 Å². The molecule has 2 saturated heterocycles. The molecule has 1 N–H and O–H groups in total. The lowest BCUT2D eigenvalue weighted by molar-refractivity contribution is -0.133. The third-order valence-electron chi connectivity index (χ3n) is 4.85. The van der Waals surface area contributed by atoms with E-state index in [-0.39, 0.29) is 5.91 Å². The highest BCUT2D eigenvalue weighted by Crippen LogP contribution is 2.21. The monoisotopic (exact) mass is 330 g/mol. The first-order valence-electron chi connectivity index (χ1n) is 8.82. The highest BCUT2D eigenvalue weighted by atomic mass is 16.2. The number of carbonyl (C=O) groups excluding carboxylic acids is 2. The molecule has 0 spiro atoms. The molecule has 0 bridgehead atoms. The summed E-state index contributed by atoms with van der Waals surface area (Å²) in [6.07, 6.45) is 4.72. The van der Waals surface area contributed by atoms with Gasteiger partial charge in [-0.3, -0.25) is 9.59 Å². The van der Waals surface area contributed by atoms with Crippen molar-refractivity contribution in [2.24, 2.45) is 0 Å². The highest BCUT2D eigenvalue weighted by Gasteiger charge is 2.19. The smallest absolute Gasteiger partial charge is 0.241 e. The number of anilines is 2. The number of carbonyl (C=O) groups is 2. The van der Waals surface area contributed by atoms with E-state index >= 15 is 0 Å². The van der Waals surface area contributed by atoms with Crippen molar-refractivity contribution in [2.45, 2.75) is 19.3 Å². The van der Waals surface area contributed by atoms with Gasteiger partial charge in [-0.05, 0) is 43.5 Å². The van der Waals surface area contributed by atoms with E-state index in [0.717, 1.165) is 25.2 Å². The van der Waals surface area contributed by atoms with Crippen LogP contribution >= 0.6 is 0 Å². The van der Waals surface area contributed by atoms with Crippen LogP contribution in [0.5, 0.6) is 0 Å². The first-order valence-corrected chi connectivity index (χ1v) is 8.82. The molecule has 24 heavy (non-hydrogen) atoms.